The first-order valence-corrected chi connectivity index (χ1v) is 5.76. The summed E-state index contributed by atoms with van der Waals surface area (Å²) in [6, 6.07) is 6.95. The lowest BCUT2D eigenvalue weighted by Crippen LogP contribution is -1.97. The molecule has 0 amide bonds. The number of pyridine rings is 1. The van der Waals surface area contributed by atoms with E-state index in [9.17, 15) is 0 Å². The Labute approximate surface area is 110 Å². The Morgan fingerprint density at radius 2 is 2.00 bits per heavy atom. The molecule has 0 radical (unpaired) electrons. The highest BCUT2D eigenvalue weighted by Crippen LogP contribution is 2.28. The molecule has 1 aromatic carbocycles. The number of hydrogen-bond donors (Lipinski definition) is 2. The van der Waals surface area contributed by atoms with Gasteiger partial charge in [0.15, 0.2) is 0 Å². The number of benzene rings is 1. The third-order valence-electron chi connectivity index (χ3n) is 2.34. The number of aromatic nitrogens is 1. The number of nitrogens with zero attached hydrogens (tertiary/aromatic N) is 1. The molecule has 0 aliphatic heterocycles. The van der Waals surface area contributed by atoms with Crippen molar-refractivity contribution in [3.05, 3.63) is 46.1 Å². The van der Waals surface area contributed by atoms with Crippen LogP contribution in [-0.2, 0) is 0 Å². The predicted octanol–water partition coefficient (Wildman–Crippen LogP) is 4.02. The van der Waals surface area contributed by atoms with E-state index in [0.29, 0.717) is 27.2 Å². The summed E-state index contributed by atoms with van der Waals surface area (Å²) in [6.07, 6.45) is 1.70. The highest BCUT2D eigenvalue weighted by atomic mass is 35.5. The van der Waals surface area contributed by atoms with E-state index in [1.165, 1.54) is 0 Å². The third-order valence-corrected chi connectivity index (χ3v) is 2.90. The summed E-state index contributed by atoms with van der Waals surface area (Å²) in [4.78, 5) is 4.21. The molecule has 0 aliphatic carbocycles. The number of halogens is 2. The van der Waals surface area contributed by atoms with Gasteiger partial charge in [-0.1, -0.05) is 23.2 Å². The van der Waals surface area contributed by atoms with Gasteiger partial charge in [0.25, 0.3) is 0 Å². The van der Waals surface area contributed by atoms with Gasteiger partial charge in [-0.2, -0.15) is 0 Å². The maximum Gasteiger partial charge on any atom is 0.132 e. The summed E-state index contributed by atoms with van der Waals surface area (Å²) in [5.41, 5.74) is 8.13. The normalized spacial score (nSPS) is 10.3. The SMILES string of the molecule is Cc1cnc(Nc2cc(Cl)ccc2Cl)cc1N. The molecule has 2 rings (SSSR count). The third kappa shape index (κ3) is 2.81. The first kappa shape index (κ1) is 12.0. The molecular formula is C12H11Cl2N3. The van der Waals surface area contributed by atoms with Gasteiger partial charge in [0, 0.05) is 23.0 Å². The Kier molecular flexibility index (Phi) is 3.41. The first-order valence-electron chi connectivity index (χ1n) is 5.00. The molecule has 0 spiro atoms. The molecular weight excluding hydrogens is 257 g/mol. The number of nitrogens with two attached hydrogens (primary N) is 1. The van der Waals surface area contributed by atoms with Crippen molar-refractivity contribution in [2.24, 2.45) is 0 Å². The standard InChI is InChI=1S/C12H11Cl2N3/c1-7-6-16-12(5-10(7)15)17-11-4-8(13)2-3-9(11)14/h2-6H,1H3,(H3,15,16,17). The molecule has 3 N–H and O–H groups in total. The Morgan fingerprint density at radius 3 is 2.71 bits per heavy atom. The highest BCUT2D eigenvalue weighted by Gasteiger charge is 2.04. The van der Waals surface area contributed by atoms with Gasteiger partial charge >= 0.3 is 0 Å². The fraction of sp³-hybridized carbons (Fsp3) is 0.0833. The van der Waals surface area contributed by atoms with Gasteiger partial charge in [0.2, 0.25) is 0 Å². The van der Waals surface area contributed by atoms with E-state index in [4.69, 9.17) is 28.9 Å². The molecule has 88 valence electrons. The van der Waals surface area contributed by atoms with E-state index < -0.39 is 0 Å². The average molecular weight is 268 g/mol. The van der Waals surface area contributed by atoms with Crippen LogP contribution >= 0.6 is 23.2 Å². The maximum atomic E-state index is 6.04. The zero-order chi connectivity index (χ0) is 12.4. The smallest absolute Gasteiger partial charge is 0.132 e. The summed E-state index contributed by atoms with van der Waals surface area (Å²) in [6.45, 7) is 1.90. The van der Waals surface area contributed by atoms with Crippen molar-refractivity contribution in [3.63, 3.8) is 0 Å². The lowest BCUT2D eigenvalue weighted by Gasteiger charge is -2.09. The lowest BCUT2D eigenvalue weighted by molar-refractivity contribution is 1.26. The number of aryl methyl sites for hydroxylation is 1. The van der Waals surface area contributed by atoms with E-state index >= 15 is 0 Å². The van der Waals surface area contributed by atoms with Crippen molar-refractivity contribution in [1.82, 2.24) is 4.98 Å². The van der Waals surface area contributed by atoms with Crippen LogP contribution in [0.5, 0.6) is 0 Å². The monoisotopic (exact) mass is 267 g/mol. The summed E-state index contributed by atoms with van der Waals surface area (Å²) in [5, 5.41) is 4.26. The second-order valence-electron chi connectivity index (χ2n) is 3.68. The average Bonchev–Trinajstić information content (AvgIpc) is 2.29. The summed E-state index contributed by atoms with van der Waals surface area (Å²) < 4.78 is 0. The van der Waals surface area contributed by atoms with Crippen molar-refractivity contribution in [2.75, 3.05) is 11.1 Å². The predicted molar refractivity (Wildman–Crippen MR) is 73.1 cm³/mol. The number of nitrogen functional groups attached to an aromatic ring is 1. The summed E-state index contributed by atoms with van der Waals surface area (Å²) >= 11 is 11.9. The van der Waals surface area contributed by atoms with E-state index in [1.54, 1.807) is 30.5 Å². The molecule has 0 aliphatic rings. The lowest BCUT2D eigenvalue weighted by atomic mass is 10.2. The number of hydrogen-bond acceptors (Lipinski definition) is 3. The van der Waals surface area contributed by atoms with Crippen LogP contribution in [0, 0.1) is 6.92 Å². The fourth-order valence-electron chi connectivity index (χ4n) is 1.34. The molecule has 2 aromatic rings. The van der Waals surface area contributed by atoms with Crippen molar-refractivity contribution in [1.29, 1.82) is 0 Å². The minimum atomic E-state index is 0.579. The second kappa shape index (κ2) is 4.82. The molecule has 1 aromatic heterocycles. The molecule has 0 atom stereocenters. The van der Waals surface area contributed by atoms with Crippen molar-refractivity contribution < 1.29 is 0 Å². The van der Waals surface area contributed by atoms with Crippen LogP contribution in [0.2, 0.25) is 10.0 Å². The van der Waals surface area contributed by atoms with Crippen LogP contribution in [0.1, 0.15) is 5.56 Å². The van der Waals surface area contributed by atoms with Gasteiger partial charge in [0.05, 0.1) is 10.7 Å². The van der Waals surface area contributed by atoms with Gasteiger partial charge in [-0.15, -0.1) is 0 Å². The Bertz CT molecular complexity index is 555. The Balaban J connectivity index is 2.31. The highest BCUT2D eigenvalue weighted by molar-refractivity contribution is 6.35. The molecule has 5 heteroatoms. The summed E-state index contributed by atoms with van der Waals surface area (Å²) in [5.74, 6) is 0.636. The van der Waals surface area contributed by atoms with Crippen LogP contribution in [-0.4, -0.2) is 4.98 Å². The molecule has 1 heterocycles. The summed E-state index contributed by atoms with van der Waals surface area (Å²) in [7, 11) is 0. The van der Waals surface area contributed by atoms with E-state index in [-0.39, 0.29) is 0 Å². The largest absolute Gasteiger partial charge is 0.398 e. The molecule has 0 saturated carbocycles. The molecule has 17 heavy (non-hydrogen) atoms. The number of anilines is 3. The number of rotatable bonds is 2. The van der Waals surface area contributed by atoms with Gasteiger partial charge in [-0.3, -0.25) is 0 Å². The van der Waals surface area contributed by atoms with Gasteiger partial charge < -0.3 is 11.1 Å². The van der Waals surface area contributed by atoms with Crippen molar-refractivity contribution >= 4 is 40.4 Å². The maximum absolute atomic E-state index is 6.04. The van der Waals surface area contributed by atoms with Gasteiger partial charge in [-0.05, 0) is 30.7 Å². The second-order valence-corrected chi connectivity index (χ2v) is 4.52. The fourth-order valence-corrected chi connectivity index (χ4v) is 1.68. The molecule has 0 saturated heterocycles. The van der Waals surface area contributed by atoms with E-state index in [2.05, 4.69) is 10.3 Å². The van der Waals surface area contributed by atoms with Gasteiger partial charge in [-0.25, -0.2) is 4.98 Å². The molecule has 0 bridgehead atoms. The van der Waals surface area contributed by atoms with Crippen molar-refractivity contribution in [2.45, 2.75) is 6.92 Å². The van der Waals surface area contributed by atoms with E-state index in [0.717, 1.165) is 5.56 Å². The van der Waals surface area contributed by atoms with Crippen LogP contribution < -0.4 is 11.1 Å². The Morgan fingerprint density at radius 1 is 1.24 bits per heavy atom. The first-order chi connectivity index (χ1) is 8.06. The molecule has 3 nitrogen and oxygen atoms in total. The zero-order valence-electron chi connectivity index (χ0n) is 9.17. The van der Waals surface area contributed by atoms with Crippen LogP contribution in [0.15, 0.2) is 30.5 Å². The van der Waals surface area contributed by atoms with Crippen LogP contribution in [0.3, 0.4) is 0 Å². The van der Waals surface area contributed by atoms with Gasteiger partial charge in [0.1, 0.15) is 5.82 Å². The minimum Gasteiger partial charge on any atom is -0.398 e. The molecule has 0 unspecified atom stereocenters. The van der Waals surface area contributed by atoms with Crippen molar-refractivity contribution in [3.8, 4) is 0 Å². The number of nitrogens with one attached hydrogen (secondary N) is 1. The quantitative estimate of drug-likeness (QED) is 0.864. The van der Waals surface area contributed by atoms with Crippen LogP contribution in [0.4, 0.5) is 17.2 Å². The zero-order valence-corrected chi connectivity index (χ0v) is 10.7. The van der Waals surface area contributed by atoms with E-state index in [1.807, 2.05) is 6.92 Å². The minimum absolute atomic E-state index is 0.579. The van der Waals surface area contributed by atoms with Crippen LogP contribution in [0.25, 0.3) is 0 Å². The molecule has 0 fully saturated rings. The Hall–Kier alpha value is -1.45. The topological polar surface area (TPSA) is 50.9 Å².